The monoisotopic (exact) mass is 312 g/mol. The van der Waals surface area contributed by atoms with E-state index in [1.165, 1.54) is 18.2 Å². The van der Waals surface area contributed by atoms with Crippen LogP contribution in [0.15, 0.2) is 36.4 Å². The highest BCUT2D eigenvalue weighted by Gasteiger charge is 2.23. The maximum absolute atomic E-state index is 11.6. The standard InChI is InChI=1S/C19H20O4/c1-11-5-7-13(16(9-11)19(2,3)4)15-10-12(17(20)21)6-8-14(15)18(22)23/h5-10H,1-4H3,(H,20,21)(H,22,23). The van der Waals surface area contributed by atoms with Crippen LogP contribution in [0.25, 0.3) is 11.1 Å². The van der Waals surface area contributed by atoms with E-state index in [0.717, 1.165) is 16.7 Å². The van der Waals surface area contributed by atoms with E-state index in [0.29, 0.717) is 5.56 Å². The van der Waals surface area contributed by atoms with Crippen molar-refractivity contribution in [2.75, 3.05) is 0 Å². The molecule has 0 spiro atoms. The van der Waals surface area contributed by atoms with Gasteiger partial charge in [0.1, 0.15) is 0 Å². The lowest BCUT2D eigenvalue weighted by Crippen LogP contribution is -2.14. The molecule has 0 aliphatic rings. The second kappa shape index (κ2) is 5.88. The molecule has 0 fully saturated rings. The smallest absolute Gasteiger partial charge is 0.336 e. The molecular formula is C19H20O4. The van der Waals surface area contributed by atoms with Crippen LogP contribution in [0.5, 0.6) is 0 Å². The van der Waals surface area contributed by atoms with E-state index in [-0.39, 0.29) is 16.5 Å². The van der Waals surface area contributed by atoms with Gasteiger partial charge in [-0.25, -0.2) is 9.59 Å². The molecule has 23 heavy (non-hydrogen) atoms. The summed E-state index contributed by atoms with van der Waals surface area (Å²) in [7, 11) is 0. The first-order chi connectivity index (χ1) is 10.6. The molecule has 0 radical (unpaired) electrons. The molecule has 0 amide bonds. The van der Waals surface area contributed by atoms with E-state index < -0.39 is 11.9 Å². The minimum absolute atomic E-state index is 0.0745. The van der Waals surface area contributed by atoms with Gasteiger partial charge in [0.05, 0.1) is 11.1 Å². The van der Waals surface area contributed by atoms with Gasteiger partial charge in [0.2, 0.25) is 0 Å². The number of carbonyl (C=O) groups is 2. The highest BCUT2D eigenvalue weighted by atomic mass is 16.4. The molecule has 2 aromatic carbocycles. The van der Waals surface area contributed by atoms with Gasteiger partial charge < -0.3 is 10.2 Å². The highest BCUT2D eigenvalue weighted by molar-refractivity contribution is 5.99. The Morgan fingerprint density at radius 3 is 2.04 bits per heavy atom. The number of hydrogen-bond donors (Lipinski definition) is 2. The van der Waals surface area contributed by atoms with Crippen LogP contribution in [-0.2, 0) is 5.41 Å². The average Bonchev–Trinajstić information content (AvgIpc) is 2.45. The van der Waals surface area contributed by atoms with Crippen molar-refractivity contribution in [1.29, 1.82) is 0 Å². The van der Waals surface area contributed by atoms with Crippen LogP contribution in [0, 0.1) is 6.92 Å². The quantitative estimate of drug-likeness (QED) is 0.883. The summed E-state index contributed by atoms with van der Waals surface area (Å²) < 4.78 is 0. The second-order valence-corrected chi connectivity index (χ2v) is 6.67. The van der Waals surface area contributed by atoms with Crippen molar-refractivity contribution in [2.24, 2.45) is 0 Å². The number of rotatable bonds is 3. The summed E-state index contributed by atoms with van der Waals surface area (Å²) in [4.78, 5) is 22.8. The minimum Gasteiger partial charge on any atom is -0.478 e. The third-order valence-electron chi connectivity index (χ3n) is 3.77. The Hall–Kier alpha value is -2.62. The van der Waals surface area contributed by atoms with Gasteiger partial charge in [-0.2, -0.15) is 0 Å². The van der Waals surface area contributed by atoms with E-state index in [9.17, 15) is 19.8 Å². The van der Waals surface area contributed by atoms with E-state index in [1.54, 1.807) is 0 Å². The Balaban J connectivity index is 2.82. The zero-order valence-electron chi connectivity index (χ0n) is 13.7. The van der Waals surface area contributed by atoms with Gasteiger partial charge in [-0.1, -0.05) is 44.5 Å². The third kappa shape index (κ3) is 3.42. The molecule has 0 saturated heterocycles. The zero-order valence-corrected chi connectivity index (χ0v) is 13.7. The molecule has 2 aromatic rings. The topological polar surface area (TPSA) is 74.6 Å². The molecule has 2 rings (SSSR count). The molecule has 120 valence electrons. The Kier molecular flexibility index (Phi) is 4.28. The maximum atomic E-state index is 11.6. The lowest BCUT2D eigenvalue weighted by Gasteiger charge is -2.24. The number of hydrogen-bond acceptors (Lipinski definition) is 2. The van der Waals surface area contributed by atoms with Gasteiger partial charge in [-0.15, -0.1) is 0 Å². The van der Waals surface area contributed by atoms with Crippen LogP contribution in [0.1, 0.15) is 52.6 Å². The summed E-state index contributed by atoms with van der Waals surface area (Å²) in [5, 5.41) is 18.7. The van der Waals surface area contributed by atoms with Gasteiger partial charge in [0.15, 0.2) is 0 Å². The number of carboxylic acid groups (broad SMARTS) is 2. The molecule has 0 bridgehead atoms. The number of aromatic carboxylic acids is 2. The average molecular weight is 312 g/mol. The van der Waals surface area contributed by atoms with Crippen molar-refractivity contribution in [3.8, 4) is 11.1 Å². The van der Waals surface area contributed by atoms with Crippen LogP contribution in [0.3, 0.4) is 0 Å². The Morgan fingerprint density at radius 2 is 1.52 bits per heavy atom. The molecular weight excluding hydrogens is 292 g/mol. The van der Waals surface area contributed by atoms with Gasteiger partial charge >= 0.3 is 11.9 Å². The van der Waals surface area contributed by atoms with Crippen LogP contribution >= 0.6 is 0 Å². The molecule has 0 saturated carbocycles. The van der Waals surface area contributed by atoms with Crippen molar-refractivity contribution >= 4 is 11.9 Å². The van der Waals surface area contributed by atoms with Gasteiger partial charge in [0, 0.05) is 0 Å². The summed E-state index contributed by atoms with van der Waals surface area (Å²) in [6, 6.07) is 9.90. The predicted octanol–water partition coefficient (Wildman–Crippen LogP) is 4.36. The molecule has 4 heteroatoms. The fourth-order valence-electron chi connectivity index (χ4n) is 2.60. The lowest BCUT2D eigenvalue weighted by atomic mass is 9.80. The van der Waals surface area contributed by atoms with E-state index in [2.05, 4.69) is 0 Å². The van der Waals surface area contributed by atoms with Crippen molar-refractivity contribution in [3.63, 3.8) is 0 Å². The van der Waals surface area contributed by atoms with Gasteiger partial charge in [0.25, 0.3) is 0 Å². The largest absolute Gasteiger partial charge is 0.478 e. The molecule has 0 heterocycles. The van der Waals surface area contributed by atoms with Crippen molar-refractivity contribution in [1.82, 2.24) is 0 Å². The maximum Gasteiger partial charge on any atom is 0.336 e. The molecule has 0 aliphatic heterocycles. The van der Waals surface area contributed by atoms with Crippen LogP contribution in [-0.4, -0.2) is 22.2 Å². The zero-order chi connectivity index (χ0) is 17.4. The second-order valence-electron chi connectivity index (χ2n) is 6.67. The van der Waals surface area contributed by atoms with Crippen molar-refractivity contribution in [3.05, 3.63) is 58.7 Å². The molecule has 2 N–H and O–H groups in total. The molecule has 4 nitrogen and oxygen atoms in total. The van der Waals surface area contributed by atoms with Crippen LogP contribution < -0.4 is 0 Å². The summed E-state index contributed by atoms with van der Waals surface area (Å²) in [6.07, 6.45) is 0. The predicted molar refractivity (Wildman–Crippen MR) is 89.2 cm³/mol. The molecule has 0 atom stereocenters. The first kappa shape index (κ1) is 16.7. The lowest BCUT2D eigenvalue weighted by molar-refractivity contribution is 0.0682. The van der Waals surface area contributed by atoms with E-state index >= 15 is 0 Å². The first-order valence-electron chi connectivity index (χ1n) is 7.33. The van der Waals surface area contributed by atoms with E-state index in [4.69, 9.17) is 0 Å². The molecule has 0 aromatic heterocycles. The third-order valence-corrected chi connectivity index (χ3v) is 3.77. The Morgan fingerprint density at radius 1 is 0.870 bits per heavy atom. The fraction of sp³-hybridized carbons (Fsp3) is 0.263. The Labute approximate surface area is 135 Å². The van der Waals surface area contributed by atoms with Crippen LogP contribution in [0.4, 0.5) is 0 Å². The minimum atomic E-state index is -1.08. The SMILES string of the molecule is Cc1ccc(-c2cc(C(=O)O)ccc2C(=O)O)c(C(C)(C)C)c1. The number of benzene rings is 2. The summed E-state index contributed by atoms with van der Waals surface area (Å²) >= 11 is 0. The number of aryl methyl sites for hydroxylation is 1. The number of carboxylic acids is 2. The molecule has 0 unspecified atom stereocenters. The summed E-state index contributed by atoms with van der Waals surface area (Å²) in [6.45, 7) is 8.12. The van der Waals surface area contributed by atoms with E-state index in [1.807, 2.05) is 45.9 Å². The van der Waals surface area contributed by atoms with Gasteiger partial charge in [-0.05, 0) is 47.2 Å². The summed E-state index contributed by atoms with van der Waals surface area (Å²) in [5.41, 5.74) is 3.23. The van der Waals surface area contributed by atoms with Gasteiger partial charge in [-0.3, -0.25) is 0 Å². The van der Waals surface area contributed by atoms with Crippen LogP contribution in [0.2, 0.25) is 0 Å². The highest BCUT2D eigenvalue weighted by Crippen LogP contribution is 2.36. The fourth-order valence-corrected chi connectivity index (χ4v) is 2.60. The van der Waals surface area contributed by atoms with Crippen molar-refractivity contribution < 1.29 is 19.8 Å². The first-order valence-corrected chi connectivity index (χ1v) is 7.33. The normalized spacial score (nSPS) is 11.3. The Bertz CT molecular complexity index is 782. The van der Waals surface area contributed by atoms with Crippen molar-refractivity contribution in [2.45, 2.75) is 33.1 Å². The molecule has 0 aliphatic carbocycles. The summed E-state index contributed by atoms with van der Waals surface area (Å²) in [5.74, 6) is -2.15.